The minimum atomic E-state index is -1.06. The number of ketones is 1. The zero-order chi connectivity index (χ0) is 13.5. The van der Waals surface area contributed by atoms with E-state index in [0.29, 0.717) is 24.0 Å². The van der Waals surface area contributed by atoms with Crippen LogP contribution in [0.5, 0.6) is 5.75 Å². The van der Waals surface area contributed by atoms with Crippen LogP contribution >= 0.6 is 0 Å². The van der Waals surface area contributed by atoms with E-state index in [1.165, 1.54) is 12.1 Å². The fraction of sp³-hybridized carbons (Fsp3) is 0.231. The first-order chi connectivity index (χ1) is 8.58. The van der Waals surface area contributed by atoms with Crippen molar-refractivity contribution >= 4 is 17.5 Å². The highest BCUT2D eigenvalue weighted by Gasteiger charge is 2.09. The van der Waals surface area contributed by atoms with Crippen LogP contribution in [0.1, 0.15) is 12.5 Å². The average molecular weight is 249 g/mol. The molecule has 5 heteroatoms. The summed E-state index contributed by atoms with van der Waals surface area (Å²) in [5.74, 6) is -1.95. The molecule has 0 saturated heterocycles. The van der Waals surface area contributed by atoms with Gasteiger partial charge in [0.05, 0.1) is 13.7 Å². The molecule has 96 valence electrons. The molecule has 0 atom stereocenters. The van der Waals surface area contributed by atoms with Crippen molar-refractivity contribution in [2.45, 2.75) is 6.92 Å². The molecule has 0 aromatic heterocycles. The Labute approximate surface area is 105 Å². The molecule has 18 heavy (non-hydrogen) atoms. The monoisotopic (exact) mass is 249 g/mol. The molecule has 0 aliphatic heterocycles. The Morgan fingerprint density at radius 3 is 2.39 bits per heavy atom. The Hall–Kier alpha value is -2.30. The van der Waals surface area contributed by atoms with Gasteiger partial charge in [0.1, 0.15) is 5.75 Å². The molecule has 0 bridgehead atoms. The molecule has 0 N–H and O–H groups in total. The highest BCUT2D eigenvalue weighted by molar-refractivity contribution is 6.39. The summed E-state index contributed by atoms with van der Waals surface area (Å²) in [6.45, 7) is 2.38. The predicted octanol–water partition coefficient (Wildman–Crippen LogP) is 0.529. The number of hydrogen-bond acceptors (Lipinski definition) is 5. The summed E-state index contributed by atoms with van der Waals surface area (Å²) in [4.78, 5) is 22.0. The first-order valence-electron chi connectivity index (χ1n) is 5.32. The maximum absolute atomic E-state index is 11.6. The van der Waals surface area contributed by atoms with E-state index in [2.05, 4.69) is 4.74 Å². The van der Waals surface area contributed by atoms with Gasteiger partial charge in [-0.25, -0.2) is 4.79 Å². The van der Waals surface area contributed by atoms with E-state index >= 15 is 0 Å². The zero-order valence-electron chi connectivity index (χ0n) is 10.1. The third kappa shape index (κ3) is 3.62. The summed E-state index contributed by atoms with van der Waals surface area (Å²) in [7, 11) is 1.08. The molecule has 1 aromatic carbocycles. The van der Waals surface area contributed by atoms with Crippen molar-refractivity contribution in [2.24, 2.45) is 0 Å². The summed E-state index contributed by atoms with van der Waals surface area (Å²) in [5.41, 5.74) is 0.302. The second-order valence-electron chi connectivity index (χ2n) is 3.32. The lowest BCUT2D eigenvalue weighted by Gasteiger charge is -2.12. The van der Waals surface area contributed by atoms with E-state index in [1.807, 2.05) is 6.92 Å². The Balaban J connectivity index is 2.83. The molecular formula is C13H13O5-. The van der Waals surface area contributed by atoms with Gasteiger partial charge in [-0.2, -0.15) is 0 Å². The van der Waals surface area contributed by atoms with Gasteiger partial charge in [0.25, 0.3) is 5.78 Å². The number of esters is 1. The fourth-order valence-corrected chi connectivity index (χ4v) is 1.24. The van der Waals surface area contributed by atoms with Gasteiger partial charge in [-0.15, -0.1) is 0 Å². The second-order valence-corrected chi connectivity index (χ2v) is 3.32. The predicted molar refractivity (Wildman–Crippen MR) is 62.6 cm³/mol. The summed E-state index contributed by atoms with van der Waals surface area (Å²) < 4.78 is 9.42. The van der Waals surface area contributed by atoms with Crippen LogP contribution in [0.25, 0.3) is 5.76 Å². The zero-order valence-corrected chi connectivity index (χ0v) is 10.1. The molecule has 0 amide bonds. The lowest BCUT2D eigenvalue weighted by Crippen LogP contribution is -2.15. The van der Waals surface area contributed by atoms with Gasteiger partial charge in [0.2, 0.25) is 0 Å². The van der Waals surface area contributed by atoms with Crippen LogP contribution in [0.4, 0.5) is 0 Å². The highest BCUT2D eigenvalue weighted by Crippen LogP contribution is 2.15. The van der Waals surface area contributed by atoms with Crippen molar-refractivity contribution in [3.63, 3.8) is 0 Å². The summed E-state index contributed by atoms with van der Waals surface area (Å²) >= 11 is 0. The van der Waals surface area contributed by atoms with Crippen molar-refractivity contribution in [1.29, 1.82) is 0 Å². The number of methoxy groups -OCH3 is 1. The van der Waals surface area contributed by atoms with Crippen molar-refractivity contribution in [2.75, 3.05) is 13.7 Å². The largest absolute Gasteiger partial charge is 0.872 e. The molecule has 0 unspecified atom stereocenters. The van der Waals surface area contributed by atoms with Crippen molar-refractivity contribution in [1.82, 2.24) is 0 Å². The Bertz CT molecular complexity index is 459. The summed E-state index contributed by atoms with van der Waals surface area (Å²) in [6.07, 6.45) is 0.710. The van der Waals surface area contributed by atoms with Crippen LogP contribution in [0.3, 0.4) is 0 Å². The van der Waals surface area contributed by atoms with Crippen LogP contribution in [0.15, 0.2) is 30.3 Å². The number of rotatable bonds is 5. The Morgan fingerprint density at radius 2 is 1.89 bits per heavy atom. The normalized spacial score (nSPS) is 10.9. The highest BCUT2D eigenvalue weighted by atomic mass is 16.5. The first-order valence-corrected chi connectivity index (χ1v) is 5.32. The maximum atomic E-state index is 11.6. The molecule has 0 saturated carbocycles. The number of benzene rings is 1. The quantitative estimate of drug-likeness (QED) is 0.329. The summed E-state index contributed by atoms with van der Waals surface area (Å²) in [6, 6.07) is 6.28. The Kier molecular flexibility index (Phi) is 4.92. The second kappa shape index (κ2) is 6.44. The van der Waals surface area contributed by atoms with Gasteiger partial charge in [0, 0.05) is 0 Å². The van der Waals surface area contributed by atoms with Crippen molar-refractivity contribution < 1.29 is 24.2 Å². The maximum Gasteiger partial charge on any atom is 0.378 e. The SMILES string of the molecule is CCOc1ccc(/C([O-])=C/C(=O)C(=O)OC)cc1. The first kappa shape index (κ1) is 13.8. The van der Waals surface area contributed by atoms with Gasteiger partial charge >= 0.3 is 5.97 Å². The van der Waals surface area contributed by atoms with Crippen molar-refractivity contribution in [3.8, 4) is 5.75 Å². The Morgan fingerprint density at radius 1 is 1.28 bits per heavy atom. The molecule has 0 radical (unpaired) electrons. The third-order valence-electron chi connectivity index (χ3n) is 2.10. The van der Waals surface area contributed by atoms with Crippen LogP contribution < -0.4 is 9.84 Å². The van der Waals surface area contributed by atoms with Gasteiger partial charge in [-0.3, -0.25) is 4.79 Å². The fourth-order valence-electron chi connectivity index (χ4n) is 1.24. The van der Waals surface area contributed by atoms with Crippen molar-refractivity contribution in [3.05, 3.63) is 35.9 Å². The molecule has 1 aromatic rings. The van der Waals surface area contributed by atoms with Gasteiger partial charge in [-0.05, 0) is 30.7 Å². The number of carbonyl (C=O) groups excluding carboxylic acids is 2. The van der Waals surface area contributed by atoms with E-state index in [9.17, 15) is 14.7 Å². The van der Waals surface area contributed by atoms with E-state index in [-0.39, 0.29) is 0 Å². The standard InChI is InChI=1S/C13H14O5/c1-3-18-10-6-4-9(5-7-10)11(14)8-12(15)13(16)17-2/h4-8,14H,3H2,1-2H3/p-1/b11-8-. The molecule has 0 aliphatic rings. The van der Waals surface area contributed by atoms with Gasteiger partial charge in [0.15, 0.2) is 0 Å². The molecule has 0 aliphatic carbocycles. The van der Waals surface area contributed by atoms with Crippen LogP contribution in [-0.4, -0.2) is 25.5 Å². The minimum Gasteiger partial charge on any atom is -0.872 e. The molecule has 5 nitrogen and oxygen atoms in total. The van der Waals surface area contributed by atoms with E-state index in [4.69, 9.17) is 4.74 Å². The summed E-state index contributed by atoms with van der Waals surface area (Å²) in [5, 5.41) is 11.6. The molecule has 0 spiro atoms. The smallest absolute Gasteiger partial charge is 0.378 e. The average Bonchev–Trinajstić information content (AvgIpc) is 2.38. The van der Waals surface area contributed by atoms with Crippen LogP contribution in [0.2, 0.25) is 0 Å². The molecule has 0 heterocycles. The van der Waals surface area contributed by atoms with Gasteiger partial charge < -0.3 is 14.6 Å². The van der Waals surface area contributed by atoms with E-state index < -0.39 is 17.5 Å². The lowest BCUT2D eigenvalue weighted by atomic mass is 10.1. The molecular weight excluding hydrogens is 236 g/mol. The van der Waals surface area contributed by atoms with E-state index in [1.54, 1.807) is 12.1 Å². The van der Waals surface area contributed by atoms with Gasteiger partial charge in [-0.1, -0.05) is 17.9 Å². The molecule has 1 rings (SSSR count). The third-order valence-corrected chi connectivity index (χ3v) is 2.10. The van der Waals surface area contributed by atoms with E-state index in [0.717, 1.165) is 7.11 Å². The topological polar surface area (TPSA) is 75.7 Å². The minimum absolute atomic E-state index is 0.302. The number of ether oxygens (including phenoxy) is 2. The van der Waals surface area contributed by atoms with Crippen LogP contribution in [-0.2, 0) is 14.3 Å². The number of carbonyl (C=O) groups is 2. The lowest BCUT2D eigenvalue weighted by molar-refractivity contribution is -0.243. The molecule has 0 fully saturated rings. The number of hydrogen-bond donors (Lipinski definition) is 0. The van der Waals surface area contributed by atoms with Crippen LogP contribution in [0, 0.1) is 0 Å².